The number of aryl methyl sites for hydroxylation is 1. The van der Waals surface area contributed by atoms with Crippen LogP contribution in [0.3, 0.4) is 0 Å². The molecule has 0 spiro atoms. The van der Waals surface area contributed by atoms with Crippen molar-refractivity contribution >= 4 is 16.7 Å². The van der Waals surface area contributed by atoms with E-state index in [2.05, 4.69) is 9.97 Å². The lowest BCUT2D eigenvalue weighted by atomic mass is 10.2. The first-order valence-corrected chi connectivity index (χ1v) is 3.74. The molecule has 0 aliphatic carbocycles. The van der Waals surface area contributed by atoms with Gasteiger partial charge < -0.3 is 5.73 Å². The Kier molecular flexibility index (Phi) is 1.43. The molecule has 2 rings (SSSR count). The predicted molar refractivity (Wildman–Crippen MR) is 48.7 cm³/mol. The van der Waals surface area contributed by atoms with Crippen LogP contribution in [0, 0.1) is 6.92 Å². The largest absolute Gasteiger partial charge is 0.397 e. The summed E-state index contributed by atoms with van der Waals surface area (Å²) >= 11 is 0. The number of anilines is 1. The molecule has 2 heterocycles. The molecule has 0 radical (unpaired) electrons. The van der Waals surface area contributed by atoms with Gasteiger partial charge in [-0.15, -0.1) is 0 Å². The van der Waals surface area contributed by atoms with Gasteiger partial charge in [-0.2, -0.15) is 0 Å². The Morgan fingerprint density at radius 2 is 2.17 bits per heavy atom. The van der Waals surface area contributed by atoms with Gasteiger partial charge in [0.15, 0.2) is 0 Å². The lowest BCUT2D eigenvalue weighted by Crippen LogP contribution is -1.91. The van der Waals surface area contributed by atoms with Crippen LogP contribution in [0.1, 0.15) is 5.56 Å². The van der Waals surface area contributed by atoms with Crippen molar-refractivity contribution in [2.45, 2.75) is 6.92 Å². The van der Waals surface area contributed by atoms with Crippen molar-refractivity contribution in [1.29, 1.82) is 0 Å². The molecule has 0 saturated carbocycles. The van der Waals surface area contributed by atoms with Crippen LogP contribution in [0.5, 0.6) is 0 Å². The minimum atomic E-state index is 0.681. The molecule has 2 aromatic rings. The van der Waals surface area contributed by atoms with Crippen LogP contribution in [-0.2, 0) is 0 Å². The Bertz CT molecular complexity index is 423. The molecule has 2 aromatic heterocycles. The van der Waals surface area contributed by atoms with Crippen LogP contribution in [0.15, 0.2) is 24.5 Å². The summed E-state index contributed by atoms with van der Waals surface area (Å²) < 4.78 is 0. The van der Waals surface area contributed by atoms with E-state index < -0.39 is 0 Å². The summed E-state index contributed by atoms with van der Waals surface area (Å²) in [6, 6.07) is 3.73. The molecule has 3 heteroatoms. The zero-order valence-corrected chi connectivity index (χ0v) is 6.78. The van der Waals surface area contributed by atoms with E-state index in [0.717, 1.165) is 16.6 Å². The quantitative estimate of drug-likeness (QED) is 0.634. The molecular weight excluding hydrogens is 150 g/mol. The lowest BCUT2D eigenvalue weighted by molar-refractivity contribution is 1.29. The van der Waals surface area contributed by atoms with Crippen molar-refractivity contribution in [3.05, 3.63) is 30.1 Å². The molecule has 60 valence electrons. The summed E-state index contributed by atoms with van der Waals surface area (Å²) in [5.74, 6) is 0. The molecule has 0 saturated heterocycles. The average Bonchev–Trinajstić information content (AvgIpc) is 2.04. The zero-order chi connectivity index (χ0) is 8.55. The molecule has 0 aliphatic heterocycles. The van der Waals surface area contributed by atoms with Crippen LogP contribution < -0.4 is 5.73 Å². The topological polar surface area (TPSA) is 51.8 Å². The van der Waals surface area contributed by atoms with Gasteiger partial charge >= 0.3 is 0 Å². The lowest BCUT2D eigenvalue weighted by Gasteiger charge is -1.99. The van der Waals surface area contributed by atoms with E-state index in [-0.39, 0.29) is 0 Å². The summed E-state index contributed by atoms with van der Waals surface area (Å²) in [5, 5.41) is 0. The molecular formula is C9H9N3. The highest BCUT2D eigenvalue weighted by molar-refractivity contribution is 5.85. The number of nitrogens with zero attached hydrogens (tertiary/aromatic N) is 2. The van der Waals surface area contributed by atoms with Gasteiger partial charge in [0.2, 0.25) is 0 Å². The number of hydrogen-bond donors (Lipinski definition) is 1. The predicted octanol–water partition coefficient (Wildman–Crippen LogP) is 1.52. The van der Waals surface area contributed by atoms with Gasteiger partial charge in [0.1, 0.15) is 5.52 Å². The second-order valence-electron chi connectivity index (χ2n) is 2.78. The molecule has 12 heavy (non-hydrogen) atoms. The fraction of sp³-hybridized carbons (Fsp3) is 0.111. The van der Waals surface area contributed by atoms with Crippen molar-refractivity contribution in [2.75, 3.05) is 5.73 Å². The number of rotatable bonds is 0. The number of pyridine rings is 2. The molecule has 2 N–H and O–H groups in total. The summed E-state index contributed by atoms with van der Waals surface area (Å²) in [6.07, 6.45) is 3.49. The molecule has 3 nitrogen and oxygen atoms in total. The SMILES string of the molecule is Cc1cnc2c(N)ccnc2c1. The Labute approximate surface area is 70.3 Å². The number of nitrogens with two attached hydrogens (primary N) is 1. The first kappa shape index (κ1) is 7.03. The number of aromatic nitrogens is 2. The first-order valence-electron chi connectivity index (χ1n) is 3.74. The maximum atomic E-state index is 5.70. The second kappa shape index (κ2) is 2.44. The average molecular weight is 159 g/mol. The molecule has 0 aliphatic rings. The van der Waals surface area contributed by atoms with Gasteiger partial charge in [-0.3, -0.25) is 9.97 Å². The van der Waals surface area contributed by atoms with Crippen LogP contribution in [-0.4, -0.2) is 9.97 Å². The van der Waals surface area contributed by atoms with Crippen LogP contribution in [0.4, 0.5) is 5.69 Å². The molecule has 0 fully saturated rings. The number of hydrogen-bond acceptors (Lipinski definition) is 3. The normalized spacial score (nSPS) is 10.4. The summed E-state index contributed by atoms with van der Waals surface area (Å²) in [6.45, 7) is 1.98. The first-order chi connectivity index (χ1) is 5.77. The van der Waals surface area contributed by atoms with Crippen molar-refractivity contribution < 1.29 is 0 Å². The summed E-state index contributed by atoms with van der Waals surface area (Å²) in [5.41, 5.74) is 9.12. The van der Waals surface area contributed by atoms with Crippen molar-refractivity contribution in [2.24, 2.45) is 0 Å². The highest BCUT2D eigenvalue weighted by atomic mass is 14.8. The minimum Gasteiger partial charge on any atom is -0.397 e. The van der Waals surface area contributed by atoms with Gasteiger partial charge in [-0.05, 0) is 24.6 Å². The third kappa shape index (κ3) is 0.993. The van der Waals surface area contributed by atoms with E-state index >= 15 is 0 Å². The fourth-order valence-corrected chi connectivity index (χ4v) is 1.15. The van der Waals surface area contributed by atoms with E-state index in [1.807, 2.05) is 13.0 Å². The Morgan fingerprint density at radius 1 is 1.33 bits per heavy atom. The van der Waals surface area contributed by atoms with Gasteiger partial charge in [-0.1, -0.05) is 0 Å². The van der Waals surface area contributed by atoms with Gasteiger partial charge in [-0.25, -0.2) is 0 Å². The number of nitrogen functional groups attached to an aromatic ring is 1. The van der Waals surface area contributed by atoms with Gasteiger partial charge in [0, 0.05) is 12.4 Å². The summed E-state index contributed by atoms with van der Waals surface area (Å²) in [4.78, 5) is 8.35. The van der Waals surface area contributed by atoms with Gasteiger partial charge in [0.05, 0.1) is 11.2 Å². The van der Waals surface area contributed by atoms with Gasteiger partial charge in [0.25, 0.3) is 0 Å². The van der Waals surface area contributed by atoms with E-state index in [9.17, 15) is 0 Å². The van der Waals surface area contributed by atoms with E-state index in [1.54, 1.807) is 18.5 Å². The standard InChI is InChI=1S/C9H9N3/c1-6-4-8-9(12-5-6)7(10)2-3-11-8/h2-5H,1H3,(H2,10,11). The molecule has 0 unspecified atom stereocenters. The number of fused-ring (bicyclic) bond motifs is 1. The maximum Gasteiger partial charge on any atom is 0.112 e. The van der Waals surface area contributed by atoms with Crippen LogP contribution >= 0.6 is 0 Å². The van der Waals surface area contributed by atoms with E-state index in [0.29, 0.717) is 5.69 Å². The Balaban J connectivity index is 2.86. The highest BCUT2D eigenvalue weighted by Gasteiger charge is 1.98. The molecule has 0 aromatic carbocycles. The molecule has 0 amide bonds. The monoisotopic (exact) mass is 159 g/mol. The Morgan fingerprint density at radius 3 is 3.00 bits per heavy atom. The molecule has 0 bridgehead atoms. The molecule has 0 atom stereocenters. The third-order valence-electron chi connectivity index (χ3n) is 1.75. The second-order valence-corrected chi connectivity index (χ2v) is 2.78. The highest BCUT2D eigenvalue weighted by Crippen LogP contribution is 2.15. The zero-order valence-electron chi connectivity index (χ0n) is 6.78. The smallest absolute Gasteiger partial charge is 0.112 e. The van der Waals surface area contributed by atoms with Crippen molar-refractivity contribution in [1.82, 2.24) is 9.97 Å². The van der Waals surface area contributed by atoms with E-state index in [1.165, 1.54) is 0 Å². The fourth-order valence-electron chi connectivity index (χ4n) is 1.15. The minimum absolute atomic E-state index is 0.681. The van der Waals surface area contributed by atoms with Crippen LogP contribution in [0.2, 0.25) is 0 Å². The third-order valence-corrected chi connectivity index (χ3v) is 1.75. The van der Waals surface area contributed by atoms with Crippen molar-refractivity contribution in [3.8, 4) is 0 Å². The maximum absolute atomic E-state index is 5.70. The van der Waals surface area contributed by atoms with Crippen LogP contribution in [0.25, 0.3) is 11.0 Å². The Hall–Kier alpha value is -1.64. The summed E-state index contributed by atoms with van der Waals surface area (Å²) in [7, 11) is 0. The van der Waals surface area contributed by atoms with Crippen molar-refractivity contribution in [3.63, 3.8) is 0 Å². The van der Waals surface area contributed by atoms with E-state index in [4.69, 9.17) is 5.73 Å².